The van der Waals surface area contributed by atoms with Gasteiger partial charge in [-0.3, -0.25) is 4.79 Å². The molecule has 1 heterocycles. The van der Waals surface area contributed by atoms with Crippen LogP contribution in [0.25, 0.3) is 0 Å². The second-order valence-electron chi connectivity index (χ2n) is 8.91. The first-order valence-electron chi connectivity index (χ1n) is 9.21. The minimum Gasteiger partial charge on any atom is -0.481 e. The fraction of sp³-hybridized carbons (Fsp3) is 0.800. The molecule has 4 nitrogen and oxygen atoms in total. The molecule has 0 spiro atoms. The molecule has 0 aromatic carbocycles. The summed E-state index contributed by atoms with van der Waals surface area (Å²) in [5.74, 6) is -0.131. The molecule has 3 fully saturated rings. The quantitative estimate of drug-likeness (QED) is 0.469. The number of carbonyl (C=O) groups excluding carboxylic acids is 1. The average molecular weight is 334 g/mol. The van der Waals surface area contributed by atoms with E-state index in [9.17, 15) is 14.7 Å². The molecule has 2 aliphatic carbocycles. The Hall–Kier alpha value is -1.16. The zero-order valence-electron chi connectivity index (χ0n) is 15.1. The average Bonchev–Trinajstić information content (AvgIpc) is 3.17. The van der Waals surface area contributed by atoms with Gasteiger partial charge in [-0.25, -0.2) is 0 Å². The predicted octanol–water partition coefficient (Wildman–Crippen LogP) is 3.99. The Balaban J connectivity index is 1.81. The van der Waals surface area contributed by atoms with E-state index in [2.05, 4.69) is 13.5 Å². The van der Waals surface area contributed by atoms with Gasteiger partial charge in [0.1, 0.15) is 6.10 Å². The lowest BCUT2D eigenvalue weighted by atomic mass is 9.46. The highest BCUT2D eigenvalue weighted by atomic mass is 16.6. The van der Waals surface area contributed by atoms with E-state index in [1.807, 2.05) is 13.8 Å². The van der Waals surface area contributed by atoms with Crippen molar-refractivity contribution in [3.63, 3.8) is 0 Å². The number of epoxide rings is 1. The number of hydrogen-bond donors (Lipinski definition) is 1. The summed E-state index contributed by atoms with van der Waals surface area (Å²) in [4.78, 5) is 22.9. The minimum atomic E-state index is -0.650. The van der Waals surface area contributed by atoms with Gasteiger partial charge in [0.2, 0.25) is 0 Å². The summed E-state index contributed by atoms with van der Waals surface area (Å²) in [7, 11) is 0. The number of ether oxygens (including phenoxy) is 1. The van der Waals surface area contributed by atoms with Crippen LogP contribution in [0.2, 0.25) is 0 Å². The molecule has 0 bridgehead atoms. The van der Waals surface area contributed by atoms with E-state index in [1.165, 1.54) is 5.57 Å². The number of carboxylic acid groups (broad SMARTS) is 1. The molecular weight excluding hydrogens is 304 g/mol. The molecule has 1 aliphatic heterocycles. The first-order chi connectivity index (χ1) is 11.2. The van der Waals surface area contributed by atoms with Gasteiger partial charge in [0.15, 0.2) is 6.29 Å². The Bertz CT molecular complexity index is 570. The molecule has 1 saturated heterocycles. The number of allylic oxidation sites excluding steroid dienone is 1. The molecule has 24 heavy (non-hydrogen) atoms. The highest BCUT2D eigenvalue weighted by Gasteiger charge is 2.58. The lowest BCUT2D eigenvalue weighted by molar-refractivity contribution is -0.164. The Morgan fingerprint density at radius 2 is 2.08 bits per heavy atom. The number of carboxylic acids is 1. The second-order valence-corrected chi connectivity index (χ2v) is 8.91. The summed E-state index contributed by atoms with van der Waals surface area (Å²) >= 11 is 0. The lowest BCUT2D eigenvalue weighted by Gasteiger charge is -2.57. The molecular formula is C20H30O4. The van der Waals surface area contributed by atoms with Crippen molar-refractivity contribution in [1.82, 2.24) is 0 Å². The van der Waals surface area contributed by atoms with E-state index in [0.29, 0.717) is 5.92 Å². The van der Waals surface area contributed by atoms with Crippen LogP contribution >= 0.6 is 0 Å². The van der Waals surface area contributed by atoms with Crippen LogP contribution in [0.3, 0.4) is 0 Å². The van der Waals surface area contributed by atoms with Gasteiger partial charge in [-0.2, -0.15) is 0 Å². The van der Waals surface area contributed by atoms with Gasteiger partial charge in [0, 0.05) is 0 Å². The number of aliphatic carboxylic acids is 1. The molecule has 134 valence electrons. The summed E-state index contributed by atoms with van der Waals surface area (Å²) < 4.78 is 5.54. The van der Waals surface area contributed by atoms with Crippen molar-refractivity contribution < 1.29 is 19.4 Å². The van der Waals surface area contributed by atoms with Gasteiger partial charge in [-0.1, -0.05) is 25.5 Å². The third-order valence-corrected chi connectivity index (χ3v) is 7.50. The van der Waals surface area contributed by atoms with E-state index in [0.717, 1.165) is 51.2 Å². The van der Waals surface area contributed by atoms with E-state index < -0.39 is 11.4 Å². The third-order valence-electron chi connectivity index (χ3n) is 7.50. The predicted molar refractivity (Wildman–Crippen MR) is 91.6 cm³/mol. The van der Waals surface area contributed by atoms with Crippen LogP contribution < -0.4 is 0 Å². The highest BCUT2D eigenvalue weighted by molar-refractivity contribution is 5.75. The van der Waals surface area contributed by atoms with Crippen molar-refractivity contribution in [2.75, 3.05) is 0 Å². The van der Waals surface area contributed by atoms with Crippen LogP contribution in [0.4, 0.5) is 0 Å². The molecule has 6 unspecified atom stereocenters. The fourth-order valence-corrected chi connectivity index (χ4v) is 5.80. The molecule has 3 aliphatic rings. The molecule has 2 saturated carbocycles. The maximum atomic E-state index is 12.0. The normalized spacial score (nSPS) is 47.8. The van der Waals surface area contributed by atoms with Gasteiger partial charge in [-0.05, 0) is 69.6 Å². The summed E-state index contributed by atoms with van der Waals surface area (Å²) in [6, 6.07) is 0. The Labute approximate surface area is 144 Å². The van der Waals surface area contributed by atoms with Crippen molar-refractivity contribution in [3.8, 4) is 0 Å². The number of aldehydes is 1. The van der Waals surface area contributed by atoms with Crippen molar-refractivity contribution in [2.45, 2.75) is 77.4 Å². The van der Waals surface area contributed by atoms with E-state index in [1.54, 1.807) is 0 Å². The number of hydrogen-bond acceptors (Lipinski definition) is 3. The standard InChI is InChI=1S/C20H30O4/c1-13-6-7-15-18(2,9-5-10-19(15,3)17(22)23)14(13)8-11-20(4)16(12-21)24-20/h12,14-16H,1,5-11H2,2-4H3,(H,22,23). The maximum absolute atomic E-state index is 12.0. The SMILES string of the molecule is C=C1CCC2C(C)(C(=O)O)CCCC2(C)C1CCC1(C)OC1C=O. The smallest absolute Gasteiger partial charge is 0.309 e. The second kappa shape index (κ2) is 5.69. The number of fused-ring (bicyclic) bond motifs is 1. The minimum absolute atomic E-state index is 0.0113. The highest BCUT2D eigenvalue weighted by Crippen LogP contribution is 2.62. The Morgan fingerprint density at radius 3 is 2.67 bits per heavy atom. The van der Waals surface area contributed by atoms with Crippen molar-refractivity contribution in [1.29, 1.82) is 0 Å². The molecule has 3 rings (SSSR count). The van der Waals surface area contributed by atoms with Crippen LogP contribution in [-0.2, 0) is 14.3 Å². The van der Waals surface area contributed by atoms with Gasteiger partial charge in [0.25, 0.3) is 0 Å². The largest absolute Gasteiger partial charge is 0.481 e. The molecule has 0 aromatic heterocycles. The third kappa shape index (κ3) is 2.54. The monoisotopic (exact) mass is 334 g/mol. The number of carbonyl (C=O) groups is 2. The summed E-state index contributed by atoms with van der Waals surface area (Å²) in [5, 5.41) is 9.86. The zero-order valence-corrected chi connectivity index (χ0v) is 15.1. The maximum Gasteiger partial charge on any atom is 0.309 e. The van der Waals surface area contributed by atoms with Gasteiger partial charge < -0.3 is 14.6 Å². The van der Waals surface area contributed by atoms with Gasteiger partial charge in [-0.15, -0.1) is 0 Å². The zero-order chi connectivity index (χ0) is 17.8. The van der Waals surface area contributed by atoms with E-state index in [-0.39, 0.29) is 23.0 Å². The van der Waals surface area contributed by atoms with Crippen LogP contribution in [0.1, 0.15) is 65.7 Å². The van der Waals surface area contributed by atoms with Crippen molar-refractivity contribution in [2.24, 2.45) is 22.7 Å². The van der Waals surface area contributed by atoms with Crippen LogP contribution in [0.5, 0.6) is 0 Å². The van der Waals surface area contributed by atoms with Crippen molar-refractivity contribution >= 4 is 12.3 Å². The lowest BCUT2D eigenvalue weighted by Crippen LogP contribution is -2.53. The van der Waals surface area contributed by atoms with Crippen LogP contribution in [0.15, 0.2) is 12.2 Å². The Morgan fingerprint density at radius 1 is 1.38 bits per heavy atom. The Kier molecular flexibility index (Phi) is 4.18. The number of rotatable bonds is 5. The molecule has 4 heteroatoms. The molecule has 0 radical (unpaired) electrons. The fourth-order valence-electron chi connectivity index (χ4n) is 5.80. The molecule has 6 atom stereocenters. The summed E-state index contributed by atoms with van der Waals surface area (Å²) in [6.45, 7) is 10.5. The van der Waals surface area contributed by atoms with Crippen molar-refractivity contribution in [3.05, 3.63) is 12.2 Å². The van der Waals surface area contributed by atoms with Gasteiger partial charge >= 0.3 is 5.97 Å². The van der Waals surface area contributed by atoms with E-state index >= 15 is 0 Å². The summed E-state index contributed by atoms with van der Waals surface area (Å²) in [6.07, 6.45) is 7.05. The molecule has 0 amide bonds. The van der Waals surface area contributed by atoms with E-state index in [4.69, 9.17) is 4.74 Å². The molecule has 0 aromatic rings. The summed E-state index contributed by atoms with van der Waals surface area (Å²) in [5.41, 5.74) is 0.297. The van der Waals surface area contributed by atoms with Crippen LogP contribution in [0, 0.1) is 22.7 Å². The topological polar surface area (TPSA) is 66.9 Å². The first-order valence-corrected chi connectivity index (χ1v) is 9.21. The van der Waals surface area contributed by atoms with Gasteiger partial charge in [0.05, 0.1) is 11.0 Å². The molecule has 1 N–H and O–H groups in total. The first kappa shape index (κ1) is 17.7. The van der Waals surface area contributed by atoms with Crippen LogP contribution in [-0.4, -0.2) is 29.1 Å².